The van der Waals surface area contributed by atoms with E-state index in [0.29, 0.717) is 30.4 Å². The number of ketones is 2. The third kappa shape index (κ3) is 13.5. The number of carbonyl (C=O) groups is 9. The Hall–Kier alpha value is -9.82. The van der Waals surface area contributed by atoms with Crippen molar-refractivity contribution in [2.45, 2.75) is 113 Å². The fourth-order valence-corrected chi connectivity index (χ4v) is 13.0. The van der Waals surface area contributed by atoms with E-state index in [-0.39, 0.29) is 57.1 Å². The first kappa shape index (κ1) is 71.9. The molecule has 6 aliphatic rings. The molecule has 4 atom stereocenters. The predicted molar refractivity (Wildman–Crippen MR) is 315 cm³/mol. The zero-order valence-electron chi connectivity index (χ0n) is 50.3. The monoisotopic (exact) mass is 1430 g/mol. The lowest BCUT2D eigenvalue weighted by Crippen LogP contribution is -2.55. The number of thiol groups is 1. The van der Waals surface area contributed by atoms with Crippen LogP contribution in [-0.2, 0) is 26.0 Å². The Morgan fingerprint density at radius 2 is 1.12 bits per heavy atom. The highest BCUT2D eigenvalue weighted by molar-refractivity contribution is 7.79. The topological polar surface area (TPSA) is 196 Å². The van der Waals surface area contributed by atoms with Crippen LogP contribution < -0.4 is 16.0 Å². The molecule has 2 aliphatic heterocycles. The highest BCUT2D eigenvalue weighted by Gasteiger charge is 2.73. The molecule has 0 fully saturated rings. The molecule has 14 nitrogen and oxygen atoms in total. The van der Waals surface area contributed by atoms with Crippen molar-refractivity contribution in [3.8, 4) is 0 Å². The molecule has 4 aliphatic carbocycles. The van der Waals surface area contributed by atoms with Crippen LogP contribution in [0.2, 0.25) is 0 Å². The summed E-state index contributed by atoms with van der Waals surface area (Å²) in [6.07, 6.45) is -34.1. The minimum absolute atomic E-state index is 0.000311. The number of allylic oxidation sites excluding steroid dienone is 8. The molecule has 0 aromatic heterocycles. The molecule has 520 valence electrons. The van der Waals surface area contributed by atoms with Gasteiger partial charge in [-0.05, 0) is 152 Å². The molecule has 0 saturated heterocycles. The Kier molecular flexibility index (Phi) is 18.5. The van der Waals surface area contributed by atoms with Gasteiger partial charge in [-0.3, -0.25) is 48.1 Å². The van der Waals surface area contributed by atoms with Crippen molar-refractivity contribution in [2.24, 2.45) is 5.92 Å². The maximum absolute atomic E-state index is 15.3. The highest BCUT2D eigenvalue weighted by Crippen LogP contribution is 2.58. The van der Waals surface area contributed by atoms with Gasteiger partial charge in [0.25, 0.3) is 35.4 Å². The fraction of sp³-hybridized carbons (Fsp3) is 0.288. The number of carbonyl (C=O) groups excluding carboxylic acids is 9. The zero-order chi connectivity index (χ0) is 72.9. The number of fused-ring (bicyclic) bond motifs is 2. The van der Waals surface area contributed by atoms with Gasteiger partial charge in [-0.2, -0.15) is 79.0 Å². The maximum atomic E-state index is 15.3. The molecule has 0 bridgehead atoms. The van der Waals surface area contributed by atoms with Crippen molar-refractivity contribution in [3.05, 3.63) is 210 Å². The van der Waals surface area contributed by atoms with Gasteiger partial charge in [-0.15, -0.1) is 0 Å². The van der Waals surface area contributed by atoms with Crippen LogP contribution in [0.1, 0.15) is 137 Å². The van der Waals surface area contributed by atoms with Crippen molar-refractivity contribution >= 4 is 77.0 Å². The summed E-state index contributed by atoms with van der Waals surface area (Å²) in [4.78, 5) is 118. The Morgan fingerprint density at radius 3 is 1.69 bits per heavy atom. The van der Waals surface area contributed by atoms with Crippen LogP contribution in [0.4, 0.5) is 84.7 Å². The van der Waals surface area contributed by atoms with E-state index >= 15 is 52.7 Å². The minimum atomic E-state index is -6.39. The average Bonchev–Trinajstić information content (AvgIpc) is 1.70. The molecule has 3 N–H and O–H groups in total. The number of hydrogen-bond acceptors (Lipinski definition) is 10. The van der Waals surface area contributed by atoms with Crippen LogP contribution in [0, 0.1) is 5.92 Å². The van der Waals surface area contributed by atoms with Gasteiger partial charge < -0.3 is 16.0 Å². The van der Waals surface area contributed by atoms with Gasteiger partial charge >= 0.3 is 37.1 Å². The van der Waals surface area contributed by atoms with Gasteiger partial charge in [-0.1, -0.05) is 61.4 Å². The molecular formula is C66H45F18N5O9S. The maximum Gasteiger partial charge on any atom is 0.417 e. The molecule has 4 aromatic rings. The SMILES string of the molecule is CC(=O)C1=CC(C(=O)NC2C=C(C(F)(F)F)C(C3=C(C(F)(F)F)CC(NC(=O)c4cccc(C(=O)Nc5ccc(C6=C(C(F)(F)F)CC(N7C(=O)c8ccc(C(c9ccc%10c(c9)C(=O)N(S)C%10=O)(C(F)(F)F)C(F)(F)F)cc8C7=O)CC6)c(C(F)(F)F)c5)c4)C=C3)=CC2)CC(C(C)=O)=C1. The summed E-state index contributed by atoms with van der Waals surface area (Å²) >= 11 is 3.61. The van der Waals surface area contributed by atoms with Crippen LogP contribution in [0.15, 0.2) is 154 Å². The third-order valence-corrected chi connectivity index (χ3v) is 17.8. The molecule has 4 unspecified atom stereocenters. The smallest absolute Gasteiger partial charge is 0.349 e. The number of amides is 7. The normalized spacial score (nSPS) is 20.3. The molecule has 0 radical (unpaired) electrons. The van der Waals surface area contributed by atoms with Crippen molar-refractivity contribution < 1.29 is 122 Å². The van der Waals surface area contributed by atoms with E-state index in [1.54, 1.807) is 0 Å². The number of anilines is 1. The number of nitrogens with one attached hydrogen (secondary N) is 3. The zero-order valence-corrected chi connectivity index (χ0v) is 51.2. The van der Waals surface area contributed by atoms with E-state index in [0.717, 1.165) is 49.4 Å². The molecule has 33 heteroatoms. The summed E-state index contributed by atoms with van der Waals surface area (Å²) in [5.74, 6) is -11.3. The van der Waals surface area contributed by atoms with Gasteiger partial charge in [-0.25, -0.2) is 4.31 Å². The molecule has 4 aromatic carbocycles. The average molecular weight is 1430 g/mol. The van der Waals surface area contributed by atoms with E-state index < -0.39 is 246 Å². The number of Topliss-reactive ketones (excluding diaryl/α,β-unsaturated/α-hetero) is 2. The molecule has 0 saturated carbocycles. The van der Waals surface area contributed by atoms with Gasteiger partial charge in [0.15, 0.2) is 11.6 Å². The van der Waals surface area contributed by atoms with Crippen molar-refractivity contribution in [3.63, 3.8) is 0 Å². The van der Waals surface area contributed by atoms with Crippen molar-refractivity contribution in [1.82, 2.24) is 19.8 Å². The summed E-state index contributed by atoms with van der Waals surface area (Å²) in [5, 5.41) is 6.72. The molecule has 10 rings (SSSR count). The van der Waals surface area contributed by atoms with Crippen LogP contribution in [0.5, 0.6) is 0 Å². The summed E-state index contributed by atoms with van der Waals surface area (Å²) in [6.45, 7) is 2.34. The summed E-state index contributed by atoms with van der Waals surface area (Å²) in [6, 6.07) is 2.00. The summed E-state index contributed by atoms with van der Waals surface area (Å²) in [7, 11) is 0. The number of halogens is 18. The number of alkyl halides is 18. The second-order valence-electron chi connectivity index (χ2n) is 23.6. The van der Waals surface area contributed by atoms with Crippen LogP contribution >= 0.6 is 12.8 Å². The summed E-state index contributed by atoms with van der Waals surface area (Å²) in [5.41, 5.74) is -24.4. The van der Waals surface area contributed by atoms with Crippen LogP contribution in [-0.4, -0.2) is 111 Å². The van der Waals surface area contributed by atoms with Gasteiger partial charge in [0, 0.05) is 46.0 Å². The quantitative estimate of drug-likeness (QED) is 0.0572. The van der Waals surface area contributed by atoms with Crippen molar-refractivity contribution in [1.29, 1.82) is 0 Å². The number of imide groups is 2. The molecule has 0 spiro atoms. The Bertz CT molecular complexity index is 4430. The van der Waals surface area contributed by atoms with E-state index in [9.17, 15) is 69.5 Å². The van der Waals surface area contributed by atoms with Gasteiger partial charge in [0.2, 0.25) is 11.3 Å². The third-order valence-electron chi connectivity index (χ3n) is 17.4. The first-order valence-corrected chi connectivity index (χ1v) is 29.6. The van der Waals surface area contributed by atoms with Crippen LogP contribution in [0.3, 0.4) is 0 Å². The van der Waals surface area contributed by atoms with E-state index in [4.69, 9.17) is 0 Å². The number of nitrogens with zero attached hydrogens (tertiary/aromatic N) is 2. The Balaban J connectivity index is 0.847. The highest BCUT2D eigenvalue weighted by atomic mass is 32.1. The van der Waals surface area contributed by atoms with Crippen LogP contribution in [0.25, 0.3) is 5.57 Å². The minimum Gasteiger partial charge on any atom is -0.349 e. The molecule has 99 heavy (non-hydrogen) atoms. The lowest BCUT2D eigenvalue weighted by atomic mass is 9.71. The second-order valence-corrected chi connectivity index (χ2v) is 24.0. The molecule has 7 amide bonds. The number of benzene rings is 4. The first-order valence-electron chi connectivity index (χ1n) is 29.2. The van der Waals surface area contributed by atoms with E-state index in [1.165, 1.54) is 19.1 Å². The first-order chi connectivity index (χ1) is 45.8. The predicted octanol–water partition coefficient (Wildman–Crippen LogP) is 14.2. The number of hydrogen-bond donors (Lipinski definition) is 4. The molecular weight excluding hydrogens is 1380 g/mol. The van der Waals surface area contributed by atoms with Gasteiger partial charge in [0.1, 0.15) is 0 Å². The summed E-state index contributed by atoms with van der Waals surface area (Å²) < 4.78 is 271. The van der Waals surface area contributed by atoms with Gasteiger partial charge in [0.05, 0.1) is 51.4 Å². The van der Waals surface area contributed by atoms with Crippen molar-refractivity contribution in [2.75, 3.05) is 5.32 Å². The fourth-order valence-electron chi connectivity index (χ4n) is 12.7. The second kappa shape index (κ2) is 25.5. The lowest BCUT2D eigenvalue weighted by molar-refractivity contribution is -0.288. The van der Waals surface area contributed by atoms with E-state index in [1.807, 2.05) is 0 Å². The van der Waals surface area contributed by atoms with E-state index in [2.05, 4.69) is 28.8 Å². The Morgan fingerprint density at radius 1 is 0.556 bits per heavy atom. The molecule has 2 heterocycles. The Labute approximate surface area is 551 Å². The lowest BCUT2D eigenvalue weighted by Gasteiger charge is -2.38. The largest absolute Gasteiger partial charge is 0.417 e. The standard InChI is InChI=1S/C66H45F18N5O9S/c1-28(90)32-19-33(29(2)91)21-34(20-32)55(94)87-39-10-15-42(50(26-39)62(70,71)72)41-14-8-37(24-49(41)61(67,68)69)85-53(92)30-4-3-5-31(18-30)54(93)86-38-9-16-43(51(25-38)63(73,74)75)44-17-11-40(27-52(44)64(76,77)78)88-56(95)45-12-6-35(22-47(45)57(88)96)60(65(79,80)81,66(82,83)84)36-7-13-46-48(23-36)59(98)89(99)58(46)97/h3-9,12-16,18-20,22-23,25-26,34,37,39-40,99H,10-11,17,21,24,27H2,1-2H3,(H,85,92)(H,86,93)(H,87,94). The number of rotatable bonds is 13.